The molecule has 0 spiro atoms. The second-order valence-corrected chi connectivity index (χ2v) is 5.18. The molecule has 0 saturated carbocycles. The van der Waals surface area contributed by atoms with Gasteiger partial charge in [-0.15, -0.1) is 6.58 Å². The predicted octanol–water partition coefficient (Wildman–Crippen LogP) is 2.70. The van der Waals surface area contributed by atoms with Crippen molar-refractivity contribution < 1.29 is 9.53 Å². The lowest BCUT2D eigenvalue weighted by molar-refractivity contribution is -0.121. The number of pyridine rings is 1. The molecule has 0 unspecified atom stereocenters. The van der Waals surface area contributed by atoms with Crippen LogP contribution < -0.4 is 9.64 Å². The van der Waals surface area contributed by atoms with Crippen molar-refractivity contribution in [3.05, 3.63) is 66.0 Å². The van der Waals surface area contributed by atoms with Crippen LogP contribution >= 0.6 is 0 Å². The molecule has 114 valence electrons. The van der Waals surface area contributed by atoms with E-state index in [4.69, 9.17) is 4.74 Å². The third-order valence-corrected chi connectivity index (χ3v) is 3.44. The van der Waals surface area contributed by atoms with E-state index in [9.17, 15) is 4.79 Å². The largest absolute Gasteiger partial charge is 0.482 e. The highest BCUT2D eigenvalue weighted by atomic mass is 16.5. The van der Waals surface area contributed by atoms with Gasteiger partial charge < -0.3 is 9.64 Å². The van der Waals surface area contributed by atoms with Crippen molar-refractivity contribution in [3.63, 3.8) is 0 Å². The maximum atomic E-state index is 12.0. The molecule has 1 aromatic heterocycles. The summed E-state index contributed by atoms with van der Waals surface area (Å²) in [6.07, 6.45) is 1.70. The maximum Gasteiger partial charge on any atom is 0.265 e. The first-order chi connectivity index (χ1) is 11.2. The van der Waals surface area contributed by atoms with Crippen LogP contribution in [0.25, 0.3) is 0 Å². The van der Waals surface area contributed by atoms with Crippen LogP contribution in [-0.2, 0) is 4.79 Å². The van der Waals surface area contributed by atoms with Crippen LogP contribution in [0, 0.1) is 18.8 Å². The zero-order chi connectivity index (χ0) is 16.2. The molecule has 4 nitrogen and oxygen atoms in total. The second kappa shape index (κ2) is 6.37. The summed E-state index contributed by atoms with van der Waals surface area (Å²) in [6, 6.07) is 11.3. The number of hydrogen-bond acceptors (Lipinski definition) is 3. The number of benzene rings is 1. The van der Waals surface area contributed by atoms with E-state index in [1.54, 1.807) is 11.0 Å². The molecule has 1 aliphatic rings. The molecule has 1 aromatic carbocycles. The van der Waals surface area contributed by atoms with Crippen molar-refractivity contribution in [2.75, 3.05) is 18.1 Å². The highest BCUT2D eigenvalue weighted by molar-refractivity contribution is 5.98. The molecular formula is C19H16N2O2. The van der Waals surface area contributed by atoms with Gasteiger partial charge in [0, 0.05) is 17.8 Å². The summed E-state index contributed by atoms with van der Waals surface area (Å²) in [4.78, 5) is 18.0. The molecule has 3 rings (SSSR count). The molecule has 2 heterocycles. The maximum absolute atomic E-state index is 12.0. The third kappa shape index (κ3) is 3.24. The molecule has 0 N–H and O–H groups in total. The van der Waals surface area contributed by atoms with Gasteiger partial charge in [0.15, 0.2) is 6.61 Å². The van der Waals surface area contributed by atoms with Crippen LogP contribution in [-0.4, -0.2) is 24.0 Å². The number of rotatable bonds is 2. The smallest absolute Gasteiger partial charge is 0.265 e. The number of carbonyl (C=O) groups is 1. The highest BCUT2D eigenvalue weighted by Gasteiger charge is 2.24. The van der Waals surface area contributed by atoms with Gasteiger partial charge in [-0.25, -0.2) is 4.98 Å². The van der Waals surface area contributed by atoms with Gasteiger partial charge in [-0.2, -0.15) is 0 Å². The summed E-state index contributed by atoms with van der Waals surface area (Å²) in [5.74, 6) is 6.73. The number of aromatic nitrogens is 1. The Hall–Kier alpha value is -3.06. The Balaban J connectivity index is 1.94. The molecule has 0 aliphatic carbocycles. The summed E-state index contributed by atoms with van der Waals surface area (Å²) < 4.78 is 5.46. The minimum absolute atomic E-state index is 0.0546. The Kier molecular flexibility index (Phi) is 4.11. The predicted molar refractivity (Wildman–Crippen MR) is 89.4 cm³/mol. The fourth-order valence-electron chi connectivity index (χ4n) is 2.36. The quantitative estimate of drug-likeness (QED) is 0.633. The minimum atomic E-state index is -0.0807. The van der Waals surface area contributed by atoms with Gasteiger partial charge in [-0.1, -0.05) is 18.1 Å². The molecule has 23 heavy (non-hydrogen) atoms. The van der Waals surface area contributed by atoms with Crippen molar-refractivity contribution in [2.45, 2.75) is 6.92 Å². The zero-order valence-electron chi connectivity index (χ0n) is 12.9. The van der Waals surface area contributed by atoms with E-state index in [1.165, 1.54) is 0 Å². The van der Waals surface area contributed by atoms with Crippen molar-refractivity contribution in [1.29, 1.82) is 0 Å². The molecule has 0 fully saturated rings. The standard InChI is InChI=1S/C19H16N2O2/c1-3-11-21-17-12-15(8-10-18(17)23-13-19(21)22)7-9-16-6-4-5-14(2)20-16/h3-6,8,10,12H,1,11,13H2,2H3. The Morgan fingerprint density at radius 1 is 1.35 bits per heavy atom. The number of fused-ring (bicyclic) bond motifs is 1. The van der Waals surface area contributed by atoms with Crippen LogP contribution in [0.1, 0.15) is 17.0 Å². The summed E-state index contributed by atoms with van der Waals surface area (Å²) in [5, 5.41) is 0. The summed E-state index contributed by atoms with van der Waals surface area (Å²) in [6.45, 7) is 6.13. The molecular weight excluding hydrogens is 288 g/mol. The first-order valence-electron chi connectivity index (χ1n) is 7.31. The summed E-state index contributed by atoms with van der Waals surface area (Å²) >= 11 is 0. The molecule has 0 radical (unpaired) electrons. The number of nitrogens with zero attached hydrogens (tertiary/aromatic N) is 2. The number of amides is 1. The van der Waals surface area contributed by atoms with E-state index in [0.29, 0.717) is 12.3 Å². The zero-order valence-corrected chi connectivity index (χ0v) is 12.9. The summed E-state index contributed by atoms with van der Waals surface area (Å²) in [5.41, 5.74) is 3.18. The monoisotopic (exact) mass is 304 g/mol. The van der Waals surface area contributed by atoms with Crippen LogP contribution in [0.15, 0.2) is 49.1 Å². The van der Waals surface area contributed by atoms with Crippen LogP contribution in [0.4, 0.5) is 5.69 Å². The first kappa shape index (κ1) is 14.9. The van der Waals surface area contributed by atoms with E-state index < -0.39 is 0 Å². The number of anilines is 1. The SMILES string of the molecule is C=CCN1C(=O)COc2ccc(C#Cc3cccc(C)n3)cc21. The van der Waals surface area contributed by atoms with Crippen LogP contribution in [0.2, 0.25) is 0 Å². The number of hydrogen-bond donors (Lipinski definition) is 0. The lowest BCUT2D eigenvalue weighted by Gasteiger charge is -2.28. The van der Waals surface area contributed by atoms with E-state index in [1.807, 2.05) is 43.3 Å². The fourth-order valence-corrected chi connectivity index (χ4v) is 2.36. The minimum Gasteiger partial charge on any atom is -0.482 e. The third-order valence-electron chi connectivity index (χ3n) is 3.44. The topological polar surface area (TPSA) is 42.4 Å². The van der Waals surface area contributed by atoms with Crippen LogP contribution in [0.5, 0.6) is 5.75 Å². The molecule has 1 aliphatic heterocycles. The lowest BCUT2D eigenvalue weighted by atomic mass is 10.1. The lowest BCUT2D eigenvalue weighted by Crippen LogP contribution is -2.38. The Morgan fingerprint density at radius 2 is 2.22 bits per heavy atom. The van der Waals surface area contributed by atoms with Crippen LogP contribution in [0.3, 0.4) is 0 Å². The molecule has 0 saturated heterocycles. The Morgan fingerprint density at radius 3 is 3.00 bits per heavy atom. The van der Waals surface area contributed by atoms with Crippen molar-refractivity contribution in [2.24, 2.45) is 0 Å². The average molecular weight is 304 g/mol. The van der Waals surface area contributed by atoms with Crippen molar-refractivity contribution >= 4 is 11.6 Å². The molecule has 4 heteroatoms. The number of ether oxygens (including phenoxy) is 1. The van der Waals surface area contributed by atoms with Gasteiger partial charge in [-0.05, 0) is 43.2 Å². The molecule has 1 amide bonds. The molecule has 2 aromatic rings. The van der Waals surface area contributed by atoms with Crippen molar-refractivity contribution in [1.82, 2.24) is 4.98 Å². The van der Waals surface area contributed by atoms with Gasteiger partial charge in [0.2, 0.25) is 0 Å². The van der Waals surface area contributed by atoms with Gasteiger partial charge in [-0.3, -0.25) is 4.79 Å². The van der Waals surface area contributed by atoms with Gasteiger partial charge in [0.05, 0.1) is 5.69 Å². The Labute approximate surface area is 135 Å². The van der Waals surface area contributed by atoms with Gasteiger partial charge >= 0.3 is 0 Å². The van der Waals surface area contributed by atoms with E-state index in [2.05, 4.69) is 23.4 Å². The molecule has 0 atom stereocenters. The normalized spacial score (nSPS) is 12.7. The number of carbonyl (C=O) groups excluding carboxylic acids is 1. The summed E-state index contributed by atoms with van der Waals surface area (Å²) in [7, 11) is 0. The Bertz CT molecular complexity index is 831. The van der Waals surface area contributed by atoms with Gasteiger partial charge in [0.1, 0.15) is 11.4 Å². The highest BCUT2D eigenvalue weighted by Crippen LogP contribution is 2.32. The fraction of sp³-hybridized carbons (Fsp3) is 0.158. The van der Waals surface area contributed by atoms with Gasteiger partial charge in [0.25, 0.3) is 5.91 Å². The van der Waals surface area contributed by atoms with Crippen molar-refractivity contribution in [3.8, 4) is 17.6 Å². The average Bonchev–Trinajstić information content (AvgIpc) is 2.56. The van der Waals surface area contributed by atoms with E-state index in [0.717, 1.165) is 22.6 Å². The van der Waals surface area contributed by atoms with E-state index >= 15 is 0 Å². The second-order valence-electron chi connectivity index (χ2n) is 5.18. The number of aryl methyl sites for hydroxylation is 1. The first-order valence-corrected chi connectivity index (χ1v) is 7.31. The van der Waals surface area contributed by atoms with E-state index in [-0.39, 0.29) is 12.5 Å². The molecule has 0 bridgehead atoms.